The van der Waals surface area contributed by atoms with Crippen molar-refractivity contribution < 1.29 is 14.3 Å². The third-order valence-electron chi connectivity index (χ3n) is 4.55. The fourth-order valence-electron chi connectivity index (χ4n) is 3.01. The lowest BCUT2D eigenvalue weighted by molar-refractivity contribution is 0.101. The van der Waals surface area contributed by atoms with Crippen LogP contribution in [0.5, 0.6) is 11.5 Å². The highest BCUT2D eigenvalue weighted by Gasteiger charge is 2.30. The Morgan fingerprint density at radius 2 is 1.82 bits per heavy atom. The van der Waals surface area contributed by atoms with Crippen molar-refractivity contribution in [2.75, 3.05) is 0 Å². The van der Waals surface area contributed by atoms with Gasteiger partial charge in [-0.25, -0.2) is 0 Å². The molecule has 0 bridgehead atoms. The number of hydrogen-bond acceptors (Lipinski definition) is 3. The van der Waals surface area contributed by atoms with Crippen LogP contribution in [0, 0.1) is 6.92 Å². The van der Waals surface area contributed by atoms with Crippen LogP contribution >= 0.6 is 27.5 Å². The van der Waals surface area contributed by atoms with E-state index in [0.29, 0.717) is 34.5 Å². The first kappa shape index (κ1) is 18.8. The molecule has 0 aromatic heterocycles. The van der Waals surface area contributed by atoms with E-state index in [0.717, 1.165) is 21.2 Å². The third kappa shape index (κ3) is 3.71. The number of benzene rings is 3. The molecule has 0 amide bonds. The molecule has 3 aromatic rings. The maximum atomic E-state index is 12.7. The average Bonchev–Trinajstić information content (AvgIpc) is 3.01. The van der Waals surface area contributed by atoms with Crippen LogP contribution in [0.2, 0.25) is 5.02 Å². The molecule has 28 heavy (non-hydrogen) atoms. The topological polar surface area (TPSA) is 35.5 Å². The summed E-state index contributed by atoms with van der Waals surface area (Å²) in [6.07, 6.45) is 1.75. The molecule has 140 valence electrons. The number of allylic oxidation sites excluding steroid dienone is 1. The Bertz CT molecular complexity index is 1090. The summed E-state index contributed by atoms with van der Waals surface area (Å²) in [5.74, 6) is 1.39. The highest BCUT2D eigenvalue weighted by molar-refractivity contribution is 9.10. The summed E-state index contributed by atoms with van der Waals surface area (Å²) in [4.78, 5) is 12.7. The molecule has 1 aliphatic heterocycles. The van der Waals surface area contributed by atoms with Gasteiger partial charge in [0.15, 0.2) is 5.76 Å². The van der Waals surface area contributed by atoms with E-state index < -0.39 is 0 Å². The molecule has 0 N–H and O–H groups in total. The zero-order valence-corrected chi connectivity index (χ0v) is 17.4. The van der Waals surface area contributed by atoms with Gasteiger partial charge in [-0.2, -0.15) is 0 Å². The molecular formula is C23H16BrClO3. The molecule has 0 radical (unpaired) electrons. The standard InChI is InChI=1S/C23H16BrClO3/c1-14-20(27-13-16-4-2-3-5-19(16)25)11-10-18-22(26)21(28-23(14)18)12-15-6-8-17(24)9-7-15/h2-12H,13H2,1H3/b21-12-. The van der Waals surface area contributed by atoms with Gasteiger partial charge in [0, 0.05) is 20.6 Å². The van der Waals surface area contributed by atoms with Crippen LogP contribution in [0.3, 0.4) is 0 Å². The molecule has 1 aliphatic rings. The number of halogens is 2. The summed E-state index contributed by atoms with van der Waals surface area (Å²) >= 11 is 9.59. The van der Waals surface area contributed by atoms with Crippen molar-refractivity contribution in [2.24, 2.45) is 0 Å². The minimum atomic E-state index is -0.126. The highest BCUT2D eigenvalue weighted by Crippen LogP contribution is 2.39. The Kier molecular flexibility index (Phi) is 5.25. The third-order valence-corrected chi connectivity index (χ3v) is 5.44. The highest BCUT2D eigenvalue weighted by atomic mass is 79.9. The van der Waals surface area contributed by atoms with Crippen LogP contribution in [0.4, 0.5) is 0 Å². The van der Waals surface area contributed by atoms with Crippen molar-refractivity contribution in [1.82, 2.24) is 0 Å². The second kappa shape index (κ2) is 7.82. The Labute approximate surface area is 176 Å². The number of hydrogen-bond donors (Lipinski definition) is 0. The lowest BCUT2D eigenvalue weighted by atomic mass is 10.1. The quantitative estimate of drug-likeness (QED) is 0.415. The zero-order chi connectivity index (χ0) is 19.7. The van der Waals surface area contributed by atoms with Crippen LogP contribution < -0.4 is 9.47 Å². The molecule has 4 rings (SSSR count). The Balaban J connectivity index is 1.58. The Hall–Kier alpha value is -2.56. The van der Waals surface area contributed by atoms with Crippen LogP contribution in [0.1, 0.15) is 27.0 Å². The van der Waals surface area contributed by atoms with Gasteiger partial charge >= 0.3 is 0 Å². The molecule has 0 spiro atoms. The summed E-state index contributed by atoms with van der Waals surface area (Å²) in [6.45, 7) is 2.23. The van der Waals surface area contributed by atoms with Gasteiger partial charge in [-0.05, 0) is 48.9 Å². The van der Waals surface area contributed by atoms with Crippen LogP contribution in [0.25, 0.3) is 6.08 Å². The summed E-state index contributed by atoms with van der Waals surface area (Å²) in [7, 11) is 0. The first-order chi connectivity index (χ1) is 13.5. The number of fused-ring (bicyclic) bond motifs is 1. The lowest BCUT2D eigenvalue weighted by Crippen LogP contribution is -1.99. The summed E-state index contributed by atoms with van der Waals surface area (Å²) < 4.78 is 12.8. The Morgan fingerprint density at radius 3 is 2.57 bits per heavy atom. The molecule has 3 aromatic carbocycles. The van der Waals surface area contributed by atoms with E-state index in [1.807, 2.05) is 55.5 Å². The molecular weight excluding hydrogens is 440 g/mol. The number of ether oxygens (including phenoxy) is 2. The summed E-state index contributed by atoms with van der Waals surface area (Å²) in [5.41, 5.74) is 3.13. The van der Waals surface area contributed by atoms with E-state index in [1.54, 1.807) is 18.2 Å². The average molecular weight is 456 g/mol. The SMILES string of the molecule is Cc1c(OCc2ccccc2Cl)ccc2c1O/C(=C\c1ccc(Br)cc1)C2=O. The number of Topliss-reactive ketones (excluding diaryl/α,β-unsaturated/α-hetero) is 1. The van der Waals surface area contributed by atoms with Crippen molar-refractivity contribution in [1.29, 1.82) is 0 Å². The molecule has 0 atom stereocenters. The molecule has 0 saturated carbocycles. The van der Waals surface area contributed by atoms with E-state index in [1.165, 1.54) is 0 Å². The number of carbonyl (C=O) groups is 1. The van der Waals surface area contributed by atoms with E-state index >= 15 is 0 Å². The monoisotopic (exact) mass is 454 g/mol. The molecule has 5 heteroatoms. The maximum Gasteiger partial charge on any atom is 0.231 e. The first-order valence-corrected chi connectivity index (χ1v) is 9.89. The normalized spacial score (nSPS) is 14.1. The molecule has 1 heterocycles. The van der Waals surface area contributed by atoms with E-state index in [4.69, 9.17) is 21.1 Å². The van der Waals surface area contributed by atoms with E-state index in [-0.39, 0.29) is 5.78 Å². The van der Waals surface area contributed by atoms with Gasteiger partial charge in [0.2, 0.25) is 5.78 Å². The molecule has 3 nitrogen and oxygen atoms in total. The Morgan fingerprint density at radius 1 is 1.07 bits per heavy atom. The summed E-state index contributed by atoms with van der Waals surface area (Å²) in [5, 5.41) is 0.660. The largest absolute Gasteiger partial charge is 0.488 e. The molecule has 0 saturated heterocycles. The van der Waals surface area contributed by atoms with Gasteiger partial charge in [0.25, 0.3) is 0 Å². The van der Waals surface area contributed by atoms with Gasteiger partial charge < -0.3 is 9.47 Å². The van der Waals surface area contributed by atoms with Crippen LogP contribution in [-0.2, 0) is 6.61 Å². The van der Waals surface area contributed by atoms with E-state index in [9.17, 15) is 4.79 Å². The first-order valence-electron chi connectivity index (χ1n) is 8.72. The van der Waals surface area contributed by atoms with Gasteiger partial charge in [-0.1, -0.05) is 57.9 Å². The maximum absolute atomic E-state index is 12.7. The van der Waals surface area contributed by atoms with E-state index in [2.05, 4.69) is 15.9 Å². The second-order valence-corrected chi connectivity index (χ2v) is 7.76. The van der Waals surface area contributed by atoms with Crippen LogP contribution in [-0.4, -0.2) is 5.78 Å². The fourth-order valence-corrected chi connectivity index (χ4v) is 3.46. The molecule has 0 unspecified atom stereocenters. The minimum Gasteiger partial charge on any atom is -0.488 e. The number of carbonyl (C=O) groups excluding carboxylic acids is 1. The van der Waals surface area contributed by atoms with Crippen molar-refractivity contribution in [3.63, 3.8) is 0 Å². The summed E-state index contributed by atoms with van der Waals surface area (Å²) in [6, 6.07) is 18.8. The minimum absolute atomic E-state index is 0.126. The van der Waals surface area contributed by atoms with Crippen molar-refractivity contribution in [3.05, 3.63) is 98.2 Å². The predicted octanol–water partition coefficient (Wildman–Crippen LogP) is 6.61. The molecule has 0 aliphatic carbocycles. The van der Waals surface area contributed by atoms with Gasteiger partial charge in [-0.15, -0.1) is 0 Å². The van der Waals surface area contributed by atoms with Gasteiger partial charge in [0.1, 0.15) is 18.1 Å². The smallest absolute Gasteiger partial charge is 0.231 e. The lowest BCUT2D eigenvalue weighted by Gasteiger charge is -2.12. The van der Waals surface area contributed by atoms with Crippen molar-refractivity contribution >= 4 is 39.4 Å². The predicted molar refractivity (Wildman–Crippen MR) is 114 cm³/mol. The second-order valence-electron chi connectivity index (χ2n) is 6.44. The van der Waals surface area contributed by atoms with Gasteiger partial charge in [0.05, 0.1) is 5.56 Å². The fraction of sp³-hybridized carbons (Fsp3) is 0.0870. The van der Waals surface area contributed by atoms with Crippen molar-refractivity contribution in [3.8, 4) is 11.5 Å². The van der Waals surface area contributed by atoms with Gasteiger partial charge in [-0.3, -0.25) is 4.79 Å². The number of rotatable bonds is 4. The van der Waals surface area contributed by atoms with Crippen LogP contribution in [0.15, 0.2) is 70.9 Å². The van der Waals surface area contributed by atoms with Crippen molar-refractivity contribution in [2.45, 2.75) is 13.5 Å². The molecule has 0 fully saturated rings. The zero-order valence-electron chi connectivity index (χ0n) is 15.0. The number of ketones is 1.